The molecule has 0 unspecified atom stereocenters. The zero-order valence-electron chi connectivity index (χ0n) is 26.1. The van der Waals surface area contributed by atoms with E-state index in [0.29, 0.717) is 84.0 Å². The summed E-state index contributed by atoms with van der Waals surface area (Å²) in [6.07, 6.45) is 4.60. The number of unbranched alkanes of at least 4 members (excludes halogenated alkanes) is 2. The summed E-state index contributed by atoms with van der Waals surface area (Å²) in [7, 11) is 0. The summed E-state index contributed by atoms with van der Waals surface area (Å²) in [6.45, 7) is 4.77. The zero-order chi connectivity index (χ0) is 33.2. The summed E-state index contributed by atoms with van der Waals surface area (Å²) in [5.41, 5.74) is 27.9. The van der Waals surface area contributed by atoms with Crippen LogP contribution >= 0.6 is 0 Å². The average Bonchev–Trinajstić information content (AvgIpc) is 3.46. The van der Waals surface area contributed by atoms with E-state index in [0.717, 1.165) is 0 Å². The Morgan fingerprint density at radius 3 is 2.02 bits per heavy atom. The largest absolute Gasteiger partial charge is 0.480 e. The van der Waals surface area contributed by atoms with E-state index < -0.39 is 59.8 Å². The van der Waals surface area contributed by atoms with E-state index in [2.05, 4.69) is 20.9 Å². The van der Waals surface area contributed by atoms with Crippen LogP contribution in [-0.2, 0) is 24.0 Å². The van der Waals surface area contributed by atoms with Gasteiger partial charge in [0.25, 0.3) is 0 Å². The van der Waals surface area contributed by atoms with E-state index in [1.165, 1.54) is 4.90 Å². The molecule has 1 aliphatic rings. The van der Waals surface area contributed by atoms with Crippen molar-refractivity contribution in [3.8, 4) is 0 Å². The molecule has 252 valence electrons. The molecule has 1 aliphatic heterocycles. The van der Waals surface area contributed by atoms with Gasteiger partial charge in [-0.1, -0.05) is 13.8 Å². The molecule has 5 atom stereocenters. The maximum atomic E-state index is 13.7. The molecule has 1 fully saturated rings. The Morgan fingerprint density at radius 2 is 1.48 bits per heavy atom. The molecule has 44 heavy (non-hydrogen) atoms. The number of guanidine groups is 1. The molecule has 0 saturated carbocycles. The summed E-state index contributed by atoms with van der Waals surface area (Å²) in [5, 5.41) is 17.5. The topological polar surface area (TPSA) is 287 Å². The van der Waals surface area contributed by atoms with Gasteiger partial charge in [-0.15, -0.1) is 0 Å². The summed E-state index contributed by atoms with van der Waals surface area (Å²) in [6, 6.07) is -4.81. The predicted molar refractivity (Wildman–Crippen MR) is 167 cm³/mol. The Hall–Kier alpha value is -3.50. The van der Waals surface area contributed by atoms with Crippen molar-refractivity contribution in [1.29, 1.82) is 0 Å². The fourth-order valence-corrected chi connectivity index (χ4v) is 4.98. The number of rotatable bonds is 21. The lowest BCUT2D eigenvalue weighted by atomic mass is 10.0. The fraction of sp³-hybridized carbons (Fsp3) is 0.786. The normalized spacial score (nSPS) is 17.3. The van der Waals surface area contributed by atoms with Crippen LogP contribution in [0.1, 0.15) is 78.1 Å². The maximum absolute atomic E-state index is 13.7. The predicted octanol–water partition coefficient (Wildman–Crippen LogP) is -2.19. The summed E-state index contributed by atoms with van der Waals surface area (Å²) < 4.78 is 0. The first-order chi connectivity index (χ1) is 20.8. The number of carboxylic acids is 1. The number of nitrogens with one attached hydrogen (secondary N) is 3. The molecular weight excluding hydrogens is 572 g/mol. The van der Waals surface area contributed by atoms with E-state index in [1.807, 2.05) is 0 Å². The number of amides is 4. The number of aliphatic carboxylic acids is 1. The minimum absolute atomic E-state index is 0.0553. The summed E-state index contributed by atoms with van der Waals surface area (Å²) in [4.78, 5) is 70.2. The van der Waals surface area contributed by atoms with Gasteiger partial charge in [-0.25, -0.2) is 4.79 Å². The van der Waals surface area contributed by atoms with Gasteiger partial charge in [0.2, 0.25) is 23.6 Å². The van der Waals surface area contributed by atoms with Crippen molar-refractivity contribution >= 4 is 35.6 Å². The number of hydrogen-bond donors (Lipinski definition) is 9. The standard InChI is InChI=1S/C28H54N10O6/c1-17(2)22(27(43)44)37-24(40)19(10-3-5-13-29)35-25(41)21-12-8-16-38(21)26(42)20(11-4-6-14-30)36-23(39)18(31)9-7-15-34-28(32)33/h17-22H,3-16,29-31H2,1-2H3,(H,35,41)(H,36,39)(H,37,40)(H,43,44)(H4,32,33,34)/t18-,19-,20-,21-,22-/m0/s1. The second kappa shape index (κ2) is 20.5. The van der Waals surface area contributed by atoms with Crippen molar-refractivity contribution in [2.45, 2.75) is 108 Å². The number of carbonyl (C=O) groups excluding carboxylic acids is 4. The van der Waals surface area contributed by atoms with Crippen LogP contribution in [0, 0.1) is 5.92 Å². The van der Waals surface area contributed by atoms with Crippen LogP contribution in [0.25, 0.3) is 0 Å². The molecule has 0 aromatic rings. The number of nitrogens with zero attached hydrogens (tertiary/aromatic N) is 2. The van der Waals surface area contributed by atoms with Gasteiger partial charge in [-0.05, 0) is 83.2 Å². The highest BCUT2D eigenvalue weighted by Crippen LogP contribution is 2.21. The molecule has 0 spiro atoms. The smallest absolute Gasteiger partial charge is 0.326 e. The first-order valence-corrected chi connectivity index (χ1v) is 15.5. The van der Waals surface area contributed by atoms with Crippen molar-refractivity contribution in [3.05, 3.63) is 0 Å². The first kappa shape index (κ1) is 38.5. The molecule has 16 nitrogen and oxygen atoms in total. The van der Waals surface area contributed by atoms with Crippen LogP contribution in [0.3, 0.4) is 0 Å². The molecule has 0 aromatic heterocycles. The van der Waals surface area contributed by atoms with Gasteiger partial charge in [-0.2, -0.15) is 0 Å². The monoisotopic (exact) mass is 626 g/mol. The average molecular weight is 627 g/mol. The van der Waals surface area contributed by atoms with Gasteiger partial charge < -0.3 is 54.6 Å². The Labute approximate surface area is 259 Å². The van der Waals surface area contributed by atoms with Crippen molar-refractivity contribution in [2.75, 3.05) is 26.2 Å². The third-order valence-electron chi connectivity index (χ3n) is 7.51. The lowest BCUT2D eigenvalue weighted by molar-refractivity contribution is -0.144. The van der Waals surface area contributed by atoms with Crippen LogP contribution in [0.5, 0.6) is 0 Å². The molecule has 1 heterocycles. The molecule has 0 radical (unpaired) electrons. The number of aliphatic imine (C=N–C) groups is 1. The summed E-state index contributed by atoms with van der Waals surface area (Å²) in [5.74, 6) is -3.68. The van der Waals surface area contributed by atoms with Crippen LogP contribution in [0.15, 0.2) is 4.99 Å². The van der Waals surface area contributed by atoms with Gasteiger partial charge in [0, 0.05) is 13.1 Å². The molecule has 0 aliphatic carbocycles. The first-order valence-electron chi connectivity index (χ1n) is 15.5. The van der Waals surface area contributed by atoms with Gasteiger partial charge in [0.15, 0.2) is 5.96 Å². The summed E-state index contributed by atoms with van der Waals surface area (Å²) >= 11 is 0. The van der Waals surface area contributed by atoms with E-state index in [4.69, 9.17) is 28.7 Å². The Bertz CT molecular complexity index is 975. The van der Waals surface area contributed by atoms with Crippen molar-refractivity contribution in [3.63, 3.8) is 0 Å². The molecule has 1 saturated heterocycles. The number of hydrogen-bond acceptors (Lipinski definition) is 9. The van der Waals surface area contributed by atoms with Crippen molar-refractivity contribution < 1.29 is 29.1 Å². The second-order valence-electron chi connectivity index (χ2n) is 11.5. The number of carbonyl (C=O) groups is 5. The van der Waals surface area contributed by atoms with E-state index in [9.17, 15) is 29.1 Å². The fourth-order valence-electron chi connectivity index (χ4n) is 4.98. The Morgan fingerprint density at radius 1 is 0.864 bits per heavy atom. The Kier molecular flexibility index (Phi) is 17.9. The lowest BCUT2D eigenvalue weighted by Crippen LogP contribution is -2.58. The van der Waals surface area contributed by atoms with Crippen LogP contribution in [0.2, 0.25) is 0 Å². The van der Waals surface area contributed by atoms with E-state index in [1.54, 1.807) is 13.8 Å². The van der Waals surface area contributed by atoms with Gasteiger partial charge in [0.05, 0.1) is 6.04 Å². The van der Waals surface area contributed by atoms with Gasteiger partial charge >= 0.3 is 5.97 Å². The highest BCUT2D eigenvalue weighted by molar-refractivity contribution is 5.95. The van der Waals surface area contributed by atoms with E-state index >= 15 is 0 Å². The SMILES string of the molecule is CC(C)[C@H](NC(=O)[C@H](CCCCN)NC(=O)[C@@H]1CCCN1C(=O)[C@H](CCCCN)NC(=O)[C@@H](N)CCCN=C(N)N)C(=O)O. The molecule has 4 amide bonds. The van der Waals surface area contributed by atoms with Crippen LogP contribution < -0.4 is 44.6 Å². The third kappa shape index (κ3) is 13.4. The van der Waals surface area contributed by atoms with Gasteiger partial charge in [0.1, 0.15) is 24.2 Å². The minimum atomic E-state index is -1.18. The third-order valence-corrected chi connectivity index (χ3v) is 7.51. The maximum Gasteiger partial charge on any atom is 0.326 e. The molecule has 16 heteroatoms. The van der Waals surface area contributed by atoms with Crippen LogP contribution in [0.4, 0.5) is 0 Å². The Balaban J connectivity index is 3.03. The minimum Gasteiger partial charge on any atom is -0.480 e. The highest BCUT2D eigenvalue weighted by atomic mass is 16.4. The van der Waals surface area contributed by atoms with Gasteiger partial charge in [-0.3, -0.25) is 24.2 Å². The van der Waals surface area contributed by atoms with E-state index in [-0.39, 0.29) is 18.3 Å². The zero-order valence-corrected chi connectivity index (χ0v) is 26.1. The lowest BCUT2D eigenvalue weighted by Gasteiger charge is -2.30. The number of nitrogens with two attached hydrogens (primary N) is 5. The molecule has 0 bridgehead atoms. The van der Waals surface area contributed by atoms with Crippen molar-refractivity contribution in [2.24, 2.45) is 39.6 Å². The molecular formula is C28H54N10O6. The number of likely N-dealkylation sites (tertiary alicyclic amines) is 1. The second-order valence-corrected chi connectivity index (χ2v) is 11.5. The molecule has 1 rings (SSSR count). The quantitative estimate of drug-likeness (QED) is 0.0374. The number of carboxylic acid groups (broad SMARTS) is 1. The van der Waals surface area contributed by atoms with Crippen LogP contribution in [-0.4, -0.2) is 102 Å². The molecule has 0 aromatic carbocycles. The van der Waals surface area contributed by atoms with Crippen molar-refractivity contribution in [1.82, 2.24) is 20.9 Å². The highest BCUT2D eigenvalue weighted by Gasteiger charge is 2.39. The molecule has 14 N–H and O–H groups in total.